The molecule has 0 saturated carbocycles. The Morgan fingerprint density at radius 2 is 2.32 bits per heavy atom. The first kappa shape index (κ1) is 11.7. The van der Waals surface area contributed by atoms with Crippen molar-refractivity contribution in [2.24, 2.45) is 5.92 Å². The summed E-state index contributed by atoms with van der Waals surface area (Å²) in [5, 5.41) is 12.3. The molecular formula is C13H14N4O2. The van der Waals surface area contributed by atoms with Gasteiger partial charge in [-0.15, -0.1) is 0 Å². The lowest BCUT2D eigenvalue weighted by Crippen LogP contribution is -2.29. The van der Waals surface area contributed by atoms with Crippen LogP contribution in [0.15, 0.2) is 31.0 Å². The van der Waals surface area contributed by atoms with Gasteiger partial charge in [-0.25, -0.2) is 4.98 Å². The number of aryl methyl sites for hydroxylation is 1. The van der Waals surface area contributed by atoms with Crippen LogP contribution < -0.4 is 5.32 Å². The van der Waals surface area contributed by atoms with Gasteiger partial charge in [0.15, 0.2) is 5.75 Å². The van der Waals surface area contributed by atoms with E-state index in [-0.39, 0.29) is 17.6 Å². The van der Waals surface area contributed by atoms with Crippen LogP contribution in [0.2, 0.25) is 0 Å². The zero-order chi connectivity index (χ0) is 13.2. The highest BCUT2D eigenvalue weighted by molar-refractivity contribution is 5.93. The number of hydrogen-bond donors (Lipinski definition) is 2. The van der Waals surface area contributed by atoms with Gasteiger partial charge in [0.1, 0.15) is 0 Å². The minimum absolute atomic E-state index is 0.0169. The number of rotatable bonds is 2. The Bertz CT molecular complexity index is 608. The zero-order valence-electron chi connectivity index (χ0n) is 10.3. The Morgan fingerprint density at radius 1 is 1.42 bits per heavy atom. The molecule has 0 aromatic carbocycles. The molecule has 1 unspecified atom stereocenters. The quantitative estimate of drug-likeness (QED) is 0.847. The van der Waals surface area contributed by atoms with Gasteiger partial charge < -0.3 is 15.0 Å². The summed E-state index contributed by atoms with van der Waals surface area (Å²) in [5.74, 6) is -0.178. The first-order chi connectivity index (χ1) is 9.24. The lowest BCUT2D eigenvalue weighted by atomic mass is 9.95. The highest BCUT2D eigenvalue weighted by atomic mass is 16.3. The van der Waals surface area contributed by atoms with E-state index in [2.05, 4.69) is 19.9 Å². The highest BCUT2D eigenvalue weighted by Crippen LogP contribution is 2.24. The van der Waals surface area contributed by atoms with E-state index in [4.69, 9.17) is 0 Å². The lowest BCUT2D eigenvalue weighted by molar-refractivity contribution is -0.120. The smallest absolute Gasteiger partial charge is 0.228 e. The number of carbonyl (C=O) groups excluding carboxylic acids is 1. The van der Waals surface area contributed by atoms with Crippen molar-refractivity contribution in [1.82, 2.24) is 14.5 Å². The van der Waals surface area contributed by atoms with Gasteiger partial charge in [0.05, 0.1) is 18.2 Å². The van der Waals surface area contributed by atoms with Crippen LogP contribution >= 0.6 is 0 Å². The standard InChI is InChI=1S/C13H14N4O2/c18-12-7-14-3-1-11(12)16-13(19)9-2-4-17-8-15-6-10(17)5-9/h1,3,6-9,18H,2,4-5H2,(H,14,16,19). The summed E-state index contributed by atoms with van der Waals surface area (Å²) >= 11 is 0. The summed E-state index contributed by atoms with van der Waals surface area (Å²) < 4.78 is 2.06. The fraction of sp³-hybridized carbons (Fsp3) is 0.308. The van der Waals surface area contributed by atoms with Crippen molar-refractivity contribution in [1.29, 1.82) is 0 Å². The van der Waals surface area contributed by atoms with Crippen LogP contribution in [0.5, 0.6) is 5.75 Å². The van der Waals surface area contributed by atoms with E-state index >= 15 is 0 Å². The molecule has 19 heavy (non-hydrogen) atoms. The number of amides is 1. The Hall–Kier alpha value is -2.37. The van der Waals surface area contributed by atoms with E-state index in [9.17, 15) is 9.90 Å². The number of imidazole rings is 1. The third-order valence-corrected chi connectivity index (χ3v) is 3.40. The molecule has 3 rings (SSSR count). The third kappa shape index (κ3) is 2.29. The second-order valence-corrected chi connectivity index (χ2v) is 4.65. The van der Waals surface area contributed by atoms with E-state index in [0.717, 1.165) is 18.7 Å². The molecule has 0 spiro atoms. The van der Waals surface area contributed by atoms with Gasteiger partial charge >= 0.3 is 0 Å². The Balaban J connectivity index is 1.71. The van der Waals surface area contributed by atoms with Crippen LogP contribution in [0.3, 0.4) is 0 Å². The molecule has 0 bridgehead atoms. The monoisotopic (exact) mass is 258 g/mol. The largest absolute Gasteiger partial charge is 0.504 e. The number of hydrogen-bond acceptors (Lipinski definition) is 4. The Labute approximate surface area is 110 Å². The van der Waals surface area contributed by atoms with Gasteiger partial charge in [0, 0.05) is 37.0 Å². The normalized spacial score (nSPS) is 17.8. The maximum Gasteiger partial charge on any atom is 0.228 e. The van der Waals surface area contributed by atoms with Crippen molar-refractivity contribution < 1.29 is 9.90 Å². The van der Waals surface area contributed by atoms with Crippen LogP contribution in [0.25, 0.3) is 0 Å². The van der Waals surface area contributed by atoms with Crippen LogP contribution in [0.1, 0.15) is 12.1 Å². The zero-order valence-corrected chi connectivity index (χ0v) is 10.3. The molecule has 2 N–H and O–H groups in total. The number of aromatic nitrogens is 3. The molecule has 3 heterocycles. The minimum atomic E-state index is -0.0863. The van der Waals surface area contributed by atoms with E-state index in [0.29, 0.717) is 12.1 Å². The Kier molecular flexibility index (Phi) is 2.91. The second kappa shape index (κ2) is 4.72. The number of anilines is 1. The Morgan fingerprint density at radius 3 is 3.16 bits per heavy atom. The molecule has 6 heteroatoms. The van der Waals surface area contributed by atoms with Crippen molar-refractivity contribution in [3.63, 3.8) is 0 Å². The van der Waals surface area contributed by atoms with Gasteiger partial charge in [0.25, 0.3) is 0 Å². The van der Waals surface area contributed by atoms with Crippen molar-refractivity contribution >= 4 is 11.6 Å². The minimum Gasteiger partial charge on any atom is -0.504 e. The molecule has 0 saturated heterocycles. The highest BCUT2D eigenvalue weighted by Gasteiger charge is 2.25. The van der Waals surface area contributed by atoms with Crippen LogP contribution in [0.4, 0.5) is 5.69 Å². The molecule has 98 valence electrons. The average Bonchev–Trinajstić information content (AvgIpc) is 2.88. The number of aromatic hydroxyl groups is 1. The average molecular weight is 258 g/mol. The predicted molar refractivity (Wildman–Crippen MR) is 68.6 cm³/mol. The summed E-state index contributed by atoms with van der Waals surface area (Å²) in [6.07, 6.45) is 7.89. The topological polar surface area (TPSA) is 80.0 Å². The first-order valence-corrected chi connectivity index (χ1v) is 6.17. The van der Waals surface area contributed by atoms with Crippen LogP contribution in [-0.4, -0.2) is 25.5 Å². The van der Waals surface area contributed by atoms with Crippen LogP contribution in [0, 0.1) is 5.92 Å². The molecule has 2 aromatic heterocycles. The first-order valence-electron chi connectivity index (χ1n) is 6.17. The second-order valence-electron chi connectivity index (χ2n) is 4.65. The fourth-order valence-electron chi connectivity index (χ4n) is 2.32. The molecule has 1 aliphatic heterocycles. The molecule has 0 aliphatic carbocycles. The molecule has 2 aromatic rings. The van der Waals surface area contributed by atoms with E-state index in [1.807, 2.05) is 0 Å². The predicted octanol–water partition coefficient (Wildman–Crippen LogP) is 1.18. The maximum atomic E-state index is 12.2. The van der Waals surface area contributed by atoms with Gasteiger partial charge in [0.2, 0.25) is 5.91 Å². The number of nitrogens with one attached hydrogen (secondary N) is 1. The van der Waals surface area contributed by atoms with Crippen molar-refractivity contribution in [3.05, 3.63) is 36.7 Å². The number of carbonyl (C=O) groups is 1. The van der Waals surface area contributed by atoms with E-state index < -0.39 is 0 Å². The molecule has 6 nitrogen and oxygen atoms in total. The van der Waals surface area contributed by atoms with Gasteiger partial charge in [-0.2, -0.15) is 0 Å². The third-order valence-electron chi connectivity index (χ3n) is 3.40. The van der Waals surface area contributed by atoms with Crippen molar-refractivity contribution in [2.75, 3.05) is 5.32 Å². The van der Waals surface area contributed by atoms with Crippen molar-refractivity contribution in [3.8, 4) is 5.75 Å². The molecule has 1 aliphatic rings. The fourth-order valence-corrected chi connectivity index (χ4v) is 2.32. The summed E-state index contributed by atoms with van der Waals surface area (Å²) in [6.45, 7) is 0.801. The number of nitrogens with zero attached hydrogens (tertiary/aromatic N) is 3. The molecule has 0 radical (unpaired) electrons. The summed E-state index contributed by atoms with van der Waals surface area (Å²) in [6, 6.07) is 1.58. The molecular weight excluding hydrogens is 244 g/mol. The summed E-state index contributed by atoms with van der Waals surface area (Å²) in [4.78, 5) is 20.0. The maximum absolute atomic E-state index is 12.2. The molecule has 1 atom stereocenters. The lowest BCUT2D eigenvalue weighted by Gasteiger charge is -2.23. The van der Waals surface area contributed by atoms with Gasteiger partial charge in [-0.05, 0) is 12.5 Å². The van der Waals surface area contributed by atoms with E-state index in [1.165, 1.54) is 12.4 Å². The van der Waals surface area contributed by atoms with Crippen LogP contribution in [-0.2, 0) is 17.8 Å². The SMILES string of the molecule is O=C(Nc1ccncc1O)C1CCn2cncc2C1. The molecule has 0 fully saturated rings. The summed E-state index contributed by atoms with van der Waals surface area (Å²) in [5.41, 5.74) is 1.48. The number of pyridine rings is 1. The van der Waals surface area contributed by atoms with Gasteiger partial charge in [-0.3, -0.25) is 9.78 Å². The van der Waals surface area contributed by atoms with Crippen molar-refractivity contribution in [2.45, 2.75) is 19.4 Å². The molecule has 1 amide bonds. The van der Waals surface area contributed by atoms with E-state index in [1.54, 1.807) is 18.6 Å². The number of fused-ring (bicyclic) bond motifs is 1. The summed E-state index contributed by atoms with van der Waals surface area (Å²) in [7, 11) is 0. The van der Waals surface area contributed by atoms with Gasteiger partial charge in [-0.1, -0.05) is 0 Å².